The van der Waals surface area contributed by atoms with Gasteiger partial charge in [0.15, 0.2) is 0 Å². The van der Waals surface area contributed by atoms with E-state index < -0.39 is 11.1 Å². The average molecular weight is 293 g/mol. The largest absolute Gasteiger partial charge is 0.514 e. The summed E-state index contributed by atoms with van der Waals surface area (Å²) in [6, 6.07) is 5.24. The van der Waals surface area contributed by atoms with Gasteiger partial charge in [0.2, 0.25) is 0 Å². The maximum atomic E-state index is 11.7. The van der Waals surface area contributed by atoms with Gasteiger partial charge in [0, 0.05) is 18.6 Å². The highest BCUT2D eigenvalue weighted by atomic mass is 16.7. The number of nitro groups is 1. The van der Waals surface area contributed by atoms with Crippen molar-refractivity contribution in [2.24, 2.45) is 0 Å². The highest BCUT2D eigenvalue weighted by Gasteiger charge is 2.15. The molecule has 0 heterocycles. The highest BCUT2D eigenvalue weighted by Crippen LogP contribution is 2.18. The predicted octanol–water partition coefficient (Wildman–Crippen LogP) is 4.25. The van der Waals surface area contributed by atoms with Crippen molar-refractivity contribution in [2.45, 2.75) is 38.7 Å². The van der Waals surface area contributed by atoms with Gasteiger partial charge < -0.3 is 9.47 Å². The predicted molar refractivity (Wildman–Crippen MR) is 78.3 cm³/mol. The van der Waals surface area contributed by atoms with Gasteiger partial charge >= 0.3 is 6.16 Å². The van der Waals surface area contributed by atoms with Gasteiger partial charge in [0.05, 0.1) is 4.92 Å². The second kappa shape index (κ2) is 8.73. The van der Waals surface area contributed by atoms with E-state index in [9.17, 15) is 14.9 Å². The van der Waals surface area contributed by atoms with Crippen LogP contribution in [0.15, 0.2) is 36.9 Å². The van der Waals surface area contributed by atoms with Crippen LogP contribution in [-0.4, -0.2) is 17.2 Å². The van der Waals surface area contributed by atoms with Crippen molar-refractivity contribution in [1.82, 2.24) is 0 Å². The molecule has 1 atom stereocenters. The fourth-order valence-electron chi connectivity index (χ4n) is 1.73. The van der Waals surface area contributed by atoms with Crippen LogP contribution in [0.2, 0.25) is 0 Å². The summed E-state index contributed by atoms with van der Waals surface area (Å²) in [6.07, 6.45) is 3.89. The van der Waals surface area contributed by atoms with Crippen molar-refractivity contribution in [3.63, 3.8) is 0 Å². The fraction of sp³-hybridized carbons (Fsp3) is 0.400. The molecule has 0 saturated heterocycles. The lowest BCUT2D eigenvalue weighted by atomic mass is 10.1. The molecule has 1 aromatic rings. The first-order valence-corrected chi connectivity index (χ1v) is 6.80. The van der Waals surface area contributed by atoms with Gasteiger partial charge in [-0.05, 0) is 18.6 Å². The number of benzene rings is 1. The minimum atomic E-state index is -0.813. The second-order valence-corrected chi connectivity index (χ2v) is 4.51. The maximum absolute atomic E-state index is 11.7. The summed E-state index contributed by atoms with van der Waals surface area (Å²) in [7, 11) is 0. The van der Waals surface area contributed by atoms with Gasteiger partial charge in [-0.15, -0.1) is 6.58 Å². The van der Waals surface area contributed by atoms with Crippen molar-refractivity contribution >= 4 is 11.8 Å². The van der Waals surface area contributed by atoms with Crippen molar-refractivity contribution in [3.05, 3.63) is 47.0 Å². The van der Waals surface area contributed by atoms with Crippen molar-refractivity contribution in [1.29, 1.82) is 0 Å². The van der Waals surface area contributed by atoms with Crippen LogP contribution in [0.3, 0.4) is 0 Å². The molecule has 6 heteroatoms. The molecule has 0 aliphatic heterocycles. The molecule has 0 aliphatic rings. The first-order chi connectivity index (χ1) is 10.1. The van der Waals surface area contributed by atoms with E-state index in [2.05, 4.69) is 13.5 Å². The van der Waals surface area contributed by atoms with E-state index in [0.717, 1.165) is 19.3 Å². The average Bonchev–Trinajstić information content (AvgIpc) is 2.45. The van der Waals surface area contributed by atoms with Crippen molar-refractivity contribution in [3.8, 4) is 5.75 Å². The van der Waals surface area contributed by atoms with Gasteiger partial charge in [-0.2, -0.15) is 0 Å². The topological polar surface area (TPSA) is 78.7 Å². The number of nitro benzene ring substituents is 1. The summed E-state index contributed by atoms with van der Waals surface area (Å²) in [5, 5.41) is 10.5. The summed E-state index contributed by atoms with van der Waals surface area (Å²) < 4.78 is 10.2. The minimum absolute atomic E-state index is 0.0665. The number of rotatable bonds is 8. The van der Waals surface area contributed by atoms with Gasteiger partial charge in [-0.3, -0.25) is 10.1 Å². The number of ether oxygens (including phenoxy) is 2. The Morgan fingerprint density at radius 1 is 1.43 bits per heavy atom. The van der Waals surface area contributed by atoms with Gasteiger partial charge in [0.1, 0.15) is 11.9 Å². The molecule has 1 aromatic carbocycles. The van der Waals surface area contributed by atoms with Crippen LogP contribution in [0, 0.1) is 10.1 Å². The molecule has 6 nitrogen and oxygen atoms in total. The Hall–Kier alpha value is -2.37. The molecule has 0 fully saturated rings. The monoisotopic (exact) mass is 293 g/mol. The summed E-state index contributed by atoms with van der Waals surface area (Å²) in [6.45, 7) is 5.69. The van der Waals surface area contributed by atoms with Crippen molar-refractivity contribution in [2.75, 3.05) is 0 Å². The highest BCUT2D eigenvalue weighted by molar-refractivity contribution is 5.64. The summed E-state index contributed by atoms with van der Waals surface area (Å²) >= 11 is 0. The van der Waals surface area contributed by atoms with Crippen molar-refractivity contribution < 1.29 is 19.2 Å². The van der Waals surface area contributed by atoms with Crippen LogP contribution in [0.25, 0.3) is 0 Å². The van der Waals surface area contributed by atoms with Crippen LogP contribution in [0.1, 0.15) is 32.6 Å². The number of hydrogen-bond donors (Lipinski definition) is 0. The van der Waals surface area contributed by atoms with Gasteiger partial charge in [-0.25, -0.2) is 4.79 Å². The lowest BCUT2D eigenvalue weighted by Crippen LogP contribution is -2.20. The maximum Gasteiger partial charge on any atom is 0.514 e. The normalized spacial score (nSPS) is 11.5. The number of unbranched alkanes of at least 4 members (excludes halogenated alkanes) is 1. The molecule has 1 rings (SSSR count). The number of carbonyl (C=O) groups is 1. The SMILES string of the molecule is C=CCC(CCCC)OC(=O)Oc1ccc([N+](=O)[O-])cc1. The molecule has 0 bridgehead atoms. The zero-order chi connectivity index (χ0) is 15.7. The van der Waals surface area contributed by atoms with E-state index in [0.29, 0.717) is 6.42 Å². The van der Waals surface area contributed by atoms with Crippen LogP contribution in [0.4, 0.5) is 10.5 Å². The van der Waals surface area contributed by atoms with Crippen LogP contribution in [0.5, 0.6) is 5.75 Å². The summed E-state index contributed by atoms with van der Waals surface area (Å²) in [5.74, 6) is 0.207. The molecule has 0 radical (unpaired) electrons. The fourth-order valence-corrected chi connectivity index (χ4v) is 1.73. The molecule has 0 aliphatic carbocycles. The smallest absolute Gasteiger partial charge is 0.430 e. The van der Waals surface area contributed by atoms with Gasteiger partial charge in [0.25, 0.3) is 5.69 Å². The minimum Gasteiger partial charge on any atom is -0.430 e. The molecular weight excluding hydrogens is 274 g/mol. The van der Waals surface area contributed by atoms with Crippen LogP contribution in [-0.2, 0) is 4.74 Å². The molecule has 0 spiro atoms. The Bertz CT molecular complexity index is 483. The zero-order valence-electron chi connectivity index (χ0n) is 12.0. The number of non-ortho nitro benzene ring substituents is 1. The molecule has 1 unspecified atom stereocenters. The lowest BCUT2D eigenvalue weighted by Gasteiger charge is -2.15. The van der Waals surface area contributed by atoms with E-state index in [1.807, 2.05) is 0 Å². The Morgan fingerprint density at radius 2 is 2.10 bits per heavy atom. The van der Waals surface area contributed by atoms with Crippen LogP contribution < -0.4 is 4.74 Å². The number of hydrogen-bond acceptors (Lipinski definition) is 5. The number of nitrogens with zero attached hydrogens (tertiary/aromatic N) is 1. The van der Waals surface area contributed by atoms with E-state index in [-0.39, 0.29) is 17.5 Å². The third-order valence-electron chi connectivity index (χ3n) is 2.82. The standard InChI is InChI=1S/C15H19NO5/c1-3-5-7-13(6-4-2)20-15(17)21-14-10-8-12(9-11-14)16(18)19/h4,8-11,13H,2-3,5-7H2,1H3. The van der Waals surface area contributed by atoms with E-state index >= 15 is 0 Å². The first kappa shape index (κ1) is 16.7. The second-order valence-electron chi connectivity index (χ2n) is 4.51. The lowest BCUT2D eigenvalue weighted by molar-refractivity contribution is -0.384. The molecule has 0 aromatic heterocycles. The number of carbonyl (C=O) groups excluding carboxylic acids is 1. The van der Waals surface area contributed by atoms with Crippen LogP contribution >= 0.6 is 0 Å². The Balaban J connectivity index is 2.54. The summed E-state index contributed by atoms with van der Waals surface area (Å²) in [5.41, 5.74) is -0.0665. The molecule has 21 heavy (non-hydrogen) atoms. The Labute approximate surface area is 123 Å². The molecular formula is C15H19NO5. The third-order valence-corrected chi connectivity index (χ3v) is 2.82. The van der Waals surface area contributed by atoms with E-state index in [1.54, 1.807) is 6.08 Å². The third kappa shape index (κ3) is 6.07. The summed E-state index contributed by atoms with van der Waals surface area (Å²) in [4.78, 5) is 21.7. The first-order valence-electron chi connectivity index (χ1n) is 6.80. The molecule has 114 valence electrons. The Morgan fingerprint density at radius 3 is 2.62 bits per heavy atom. The Kier molecular flexibility index (Phi) is 6.94. The van der Waals surface area contributed by atoms with Gasteiger partial charge in [-0.1, -0.05) is 25.8 Å². The molecule has 0 saturated carbocycles. The molecule has 0 amide bonds. The van der Waals surface area contributed by atoms with E-state index in [1.165, 1.54) is 24.3 Å². The quantitative estimate of drug-likeness (QED) is 0.235. The zero-order valence-corrected chi connectivity index (χ0v) is 12.0. The van der Waals surface area contributed by atoms with E-state index in [4.69, 9.17) is 9.47 Å². The molecule has 0 N–H and O–H groups in total.